The Hall–Kier alpha value is -2.74. The average molecular weight is 446 g/mol. The fraction of sp³-hybridized carbons (Fsp3) is 0.435. The molecule has 0 aromatic heterocycles. The number of nitrogens with zero attached hydrogens (tertiary/aromatic N) is 1. The molecule has 0 bridgehead atoms. The van der Waals surface area contributed by atoms with E-state index in [0.29, 0.717) is 5.56 Å². The van der Waals surface area contributed by atoms with Crippen molar-refractivity contribution in [1.82, 2.24) is 0 Å². The molecule has 0 amide bonds. The van der Waals surface area contributed by atoms with E-state index in [4.69, 9.17) is 14.2 Å². The molecule has 1 aliphatic rings. The summed E-state index contributed by atoms with van der Waals surface area (Å²) in [6.07, 6.45) is 0. The number of benzene rings is 2. The van der Waals surface area contributed by atoms with Gasteiger partial charge < -0.3 is 14.2 Å². The van der Waals surface area contributed by atoms with E-state index in [9.17, 15) is 13.8 Å². The van der Waals surface area contributed by atoms with E-state index in [2.05, 4.69) is 4.40 Å². The maximum absolute atomic E-state index is 13.1. The first kappa shape index (κ1) is 22.9. The summed E-state index contributed by atoms with van der Waals surface area (Å²) in [5.41, 5.74) is -1.39. The molecule has 166 valence electrons. The van der Waals surface area contributed by atoms with Crippen molar-refractivity contribution in [2.45, 2.75) is 44.0 Å². The third kappa shape index (κ3) is 3.84. The van der Waals surface area contributed by atoms with Crippen LogP contribution in [0.15, 0.2) is 46.9 Å². The average Bonchev–Trinajstić information content (AvgIpc) is 3.04. The van der Waals surface area contributed by atoms with E-state index in [1.165, 1.54) is 14.2 Å². The number of esters is 2. The number of rotatable bonds is 4. The van der Waals surface area contributed by atoms with Crippen molar-refractivity contribution in [2.24, 2.45) is 10.3 Å². The summed E-state index contributed by atoms with van der Waals surface area (Å²) in [7, 11) is 0.717. The zero-order valence-corrected chi connectivity index (χ0v) is 19.3. The van der Waals surface area contributed by atoms with Crippen LogP contribution in [0, 0.1) is 5.92 Å². The van der Waals surface area contributed by atoms with Crippen molar-refractivity contribution in [3.63, 3.8) is 0 Å². The zero-order valence-electron chi connectivity index (χ0n) is 18.5. The summed E-state index contributed by atoms with van der Waals surface area (Å²) < 4.78 is 32.3. The highest BCUT2D eigenvalue weighted by Crippen LogP contribution is 2.48. The lowest BCUT2D eigenvalue weighted by Crippen LogP contribution is -2.52. The Morgan fingerprint density at radius 3 is 2.19 bits per heavy atom. The topological polar surface area (TPSA) is 91.3 Å². The van der Waals surface area contributed by atoms with Gasteiger partial charge in [-0.3, -0.25) is 0 Å². The molecule has 0 aliphatic carbocycles. The van der Waals surface area contributed by atoms with Crippen molar-refractivity contribution in [3.8, 4) is 0 Å². The normalized spacial score (nSPS) is 22.7. The fourth-order valence-electron chi connectivity index (χ4n) is 3.87. The summed E-state index contributed by atoms with van der Waals surface area (Å²) in [6, 6.07) is 13.3. The Kier molecular flexibility index (Phi) is 6.23. The maximum Gasteiger partial charge on any atom is 0.362 e. The van der Waals surface area contributed by atoms with Gasteiger partial charge in [0.05, 0.1) is 24.9 Å². The van der Waals surface area contributed by atoms with Crippen molar-refractivity contribution in [2.75, 3.05) is 14.2 Å². The van der Waals surface area contributed by atoms with Gasteiger partial charge in [0, 0.05) is 5.92 Å². The van der Waals surface area contributed by atoms with Crippen LogP contribution in [0.25, 0.3) is 10.8 Å². The summed E-state index contributed by atoms with van der Waals surface area (Å²) in [5, 5.41) is 1.81. The summed E-state index contributed by atoms with van der Waals surface area (Å²) in [6.45, 7) is 7.13. The molecule has 1 heterocycles. The molecule has 8 heteroatoms. The first-order chi connectivity index (χ1) is 14.6. The van der Waals surface area contributed by atoms with Crippen LogP contribution in [0.2, 0.25) is 0 Å². The molecule has 31 heavy (non-hydrogen) atoms. The van der Waals surface area contributed by atoms with E-state index in [0.717, 1.165) is 10.8 Å². The largest absolute Gasteiger partial charge is 0.466 e. The first-order valence-corrected chi connectivity index (χ1v) is 11.0. The van der Waals surface area contributed by atoms with E-state index in [1.54, 1.807) is 27.7 Å². The minimum atomic E-state index is -2.10. The van der Waals surface area contributed by atoms with Crippen molar-refractivity contribution in [3.05, 3.63) is 48.0 Å². The lowest BCUT2D eigenvalue weighted by atomic mass is 9.75. The Bertz CT molecular complexity index is 1050. The highest BCUT2D eigenvalue weighted by molar-refractivity contribution is 7.85. The number of hydrogen-bond donors (Lipinski definition) is 0. The van der Waals surface area contributed by atoms with E-state index >= 15 is 0 Å². The molecule has 2 aromatic carbocycles. The minimum Gasteiger partial charge on any atom is -0.466 e. The van der Waals surface area contributed by atoms with E-state index < -0.39 is 45.1 Å². The lowest BCUT2D eigenvalue weighted by Gasteiger charge is -2.30. The molecule has 1 saturated heterocycles. The molecule has 3 rings (SSSR count). The smallest absolute Gasteiger partial charge is 0.362 e. The van der Waals surface area contributed by atoms with Crippen LogP contribution in [0.1, 0.15) is 39.2 Å². The predicted octanol–water partition coefficient (Wildman–Crippen LogP) is 3.54. The van der Waals surface area contributed by atoms with Gasteiger partial charge in [0.15, 0.2) is 0 Å². The Labute approximate surface area is 184 Å². The quantitative estimate of drug-likeness (QED) is 0.528. The summed E-state index contributed by atoms with van der Waals surface area (Å²) in [5.74, 6) is -3.07. The van der Waals surface area contributed by atoms with Crippen LogP contribution in [-0.4, -0.2) is 46.6 Å². The first-order valence-electron chi connectivity index (χ1n) is 9.92. The molecule has 0 saturated carbocycles. The number of carbonyl (C=O) groups is 2. The van der Waals surface area contributed by atoms with Gasteiger partial charge in [-0.25, -0.2) is 13.8 Å². The zero-order chi connectivity index (χ0) is 23.0. The molecule has 0 radical (unpaired) electrons. The van der Waals surface area contributed by atoms with Crippen molar-refractivity contribution < 1.29 is 28.0 Å². The van der Waals surface area contributed by atoms with E-state index in [-0.39, 0.29) is 5.90 Å². The van der Waals surface area contributed by atoms with Crippen molar-refractivity contribution in [1.29, 1.82) is 0 Å². The Morgan fingerprint density at radius 2 is 1.61 bits per heavy atom. The fourth-order valence-corrected chi connectivity index (χ4v) is 4.51. The van der Waals surface area contributed by atoms with E-state index in [1.807, 2.05) is 42.5 Å². The molecule has 1 fully saturated rings. The van der Waals surface area contributed by atoms with Gasteiger partial charge in [0.2, 0.25) is 5.90 Å². The SMILES string of the molecule is COC(=O)C1(C(=O)OC)O/C(=N\S(=O)C(C)(C)C)[C@H](C)[C@H]1c1cccc2ccccc12. The Morgan fingerprint density at radius 1 is 1.03 bits per heavy atom. The maximum atomic E-state index is 13.1. The second kappa shape index (κ2) is 8.42. The van der Waals surface area contributed by atoms with Gasteiger partial charge in [-0.05, 0) is 37.1 Å². The molecule has 1 unspecified atom stereocenters. The molecule has 1 aliphatic heterocycles. The lowest BCUT2D eigenvalue weighted by molar-refractivity contribution is -0.178. The van der Waals surface area contributed by atoms with Gasteiger partial charge in [0.25, 0.3) is 0 Å². The monoisotopic (exact) mass is 445 g/mol. The number of ether oxygens (including phenoxy) is 3. The molecule has 0 spiro atoms. The van der Waals surface area contributed by atoms with Crippen LogP contribution in [0.3, 0.4) is 0 Å². The Balaban J connectivity index is 2.30. The molecule has 0 N–H and O–H groups in total. The molecular formula is C23H27NO6S. The van der Waals surface area contributed by atoms with Crippen LogP contribution in [-0.2, 0) is 34.8 Å². The van der Waals surface area contributed by atoms with Gasteiger partial charge in [-0.2, -0.15) is 4.40 Å². The van der Waals surface area contributed by atoms with Gasteiger partial charge in [0.1, 0.15) is 11.0 Å². The molecule has 7 nitrogen and oxygen atoms in total. The van der Waals surface area contributed by atoms with Gasteiger partial charge in [-0.1, -0.05) is 49.4 Å². The number of carbonyl (C=O) groups excluding carboxylic acids is 2. The number of methoxy groups -OCH3 is 2. The summed E-state index contributed by atoms with van der Waals surface area (Å²) in [4.78, 5) is 26.1. The van der Waals surface area contributed by atoms with Crippen molar-refractivity contribution >= 4 is 39.6 Å². The van der Waals surface area contributed by atoms with Gasteiger partial charge in [-0.15, -0.1) is 0 Å². The van der Waals surface area contributed by atoms with Crippen LogP contribution < -0.4 is 0 Å². The molecule has 2 aromatic rings. The number of hydrogen-bond acceptors (Lipinski definition) is 6. The predicted molar refractivity (Wildman–Crippen MR) is 119 cm³/mol. The molecule has 3 atom stereocenters. The van der Waals surface area contributed by atoms with Crippen LogP contribution >= 0.6 is 0 Å². The second-order valence-electron chi connectivity index (χ2n) is 8.45. The van der Waals surface area contributed by atoms with Crippen LogP contribution in [0.4, 0.5) is 0 Å². The minimum absolute atomic E-state index is 0.0574. The molecular weight excluding hydrogens is 418 g/mol. The number of fused-ring (bicyclic) bond motifs is 1. The standard InChI is InChI=1S/C23H27NO6S/c1-14-18(17-13-9-11-15-10-7-8-12-16(15)17)23(20(25)28-5,21(26)29-6)30-19(14)24-31(27)22(2,3)4/h7-14,18H,1-6H3/b24-19-/t14-,18+,31?/m1/s1. The van der Waals surface area contributed by atoms with Gasteiger partial charge >= 0.3 is 17.5 Å². The third-order valence-corrected chi connectivity index (χ3v) is 6.82. The van der Waals surface area contributed by atoms with Crippen LogP contribution in [0.5, 0.6) is 0 Å². The third-order valence-electron chi connectivity index (χ3n) is 5.43. The highest BCUT2D eigenvalue weighted by Gasteiger charge is 2.66. The second-order valence-corrected chi connectivity index (χ2v) is 10.4. The summed E-state index contributed by atoms with van der Waals surface area (Å²) >= 11 is 0. The highest BCUT2D eigenvalue weighted by atomic mass is 32.2.